The summed E-state index contributed by atoms with van der Waals surface area (Å²) in [7, 11) is 1.20. The van der Waals surface area contributed by atoms with Gasteiger partial charge in [0.15, 0.2) is 11.5 Å². The number of methoxy groups -OCH3 is 1. The molecule has 1 aliphatic rings. The number of amides is 3. The minimum atomic E-state index is -0.682. The number of carbonyl (C=O) groups is 4. The fourth-order valence-electron chi connectivity index (χ4n) is 3.81. The van der Waals surface area contributed by atoms with E-state index in [-0.39, 0.29) is 33.6 Å². The lowest BCUT2D eigenvalue weighted by Crippen LogP contribution is -2.36. The van der Waals surface area contributed by atoms with Gasteiger partial charge in [0.1, 0.15) is 19.0 Å². The van der Waals surface area contributed by atoms with Crippen LogP contribution in [0.15, 0.2) is 64.0 Å². The SMILES string of the molecule is CCOc1cc(/C=C2\SC(=O)N(CC(=O)Nc3ccc(Cl)c(C(=O)OC)c3)C2=O)cc(Br)c1OCc1ccc(F)cc1. The molecule has 13 heteroatoms. The molecule has 42 heavy (non-hydrogen) atoms. The van der Waals surface area contributed by atoms with Gasteiger partial charge in [-0.15, -0.1) is 0 Å². The van der Waals surface area contributed by atoms with Crippen LogP contribution in [-0.2, 0) is 20.9 Å². The molecule has 3 aromatic rings. The van der Waals surface area contributed by atoms with Crippen LogP contribution in [0.1, 0.15) is 28.4 Å². The highest BCUT2D eigenvalue weighted by molar-refractivity contribution is 9.10. The largest absolute Gasteiger partial charge is 0.490 e. The number of anilines is 1. The van der Waals surface area contributed by atoms with Crippen molar-refractivity contribution in [1.82, 2.24) is 4.90 Å². The molecule has 1 aliphatic heterocycles. The number of benzene rings is 3. The summed E-state index contributed by atoms with van der Waals surface area (Å²) >= 11 is 10.2. The Morgan fingerprint density at radius 3 is 2.52 bits per heavy atom. The van der Waals surface area contributed by atoms with Crippen molar-refractivity contribution < 1.29 is 37.8 Å². The predicted molar refractivity (Wildman–Crippen MR) is 160 cm³/mol. The molecule has 1 fully saturated rings. The Hall–Kier alpha value is -3.87. The van der Waals surface area contributed by atoms with Crippen LogP contribution in [0, 0.1) is 5.82 Å². The summed E-state index contributed by atoms with van der Waals surface area (Å²) in [6.07, 6.45) is 1.52. The maximum atomic E-state index is 13.2. The van der Waals surface area contributed by atoms with E-state index in [0.717, 1.165) is 10.5 Å². The van der Waals surface area contributed by atoms with E-state index in [9.17, 15) is 23.6 Å². The number of imide groups is 1. The van der Waals surface area contributed by atoms with Crippen molar-refractivity contribution in [2.75, 3.05) is 25.6 Å². The first-order valence-corrected chi connectivity index (χ1v) is 14.3. The van der Waals surface area contributed by atoms with Gasteiger partial charge in [-0.3, -0.25) is 19.3 Å². The van der Waals surface area contributed by atoms with Crippen molar-refractivity contribution in [3.8, 4) is 11.5 Å². The summed E-state index contributed by atoms with van der Waals surface area (Å²) in [5, 5.41) is 2.07. The fourth-order valence-corrected chi connectivity index (χ4v) is 5.42. The minimum absolute atomic E-state index is 0.0514. The minimum Gasteiger partial charge on any atom is -0.490 e. The molecular formula is C29H23BrClFN2O7S. The van der Waals surface area contributed by atoms with E-state index >= 15 is 0 Å². The van der Waals surface area contributed by atoms with Crippen LogP contribution in [0.25, 0.3) is 6.08 Å². The average molecular weight is 678 g/mol. The van der Waals surface area contributed by atoms with Crippen molar-refractivity contribution in [2.24, 2.45) is 0 Å². The summed E-state index contributed by atoms with van der Waals surface area (Å²) in [5.74, 6) is -1.51. The lowest BCUT2D eigenvalue weighted by atomic mass is 10.1. The zero-order chi connectivity index (χ0) is 30.4. The zero-order valence-corrected chi connectivity index (χ0v) is 25.4. The van der Waals surface area contributed by atoms with E-state index in [2.05, 4.69) is 26.0 Å². The van der Waals surface area contributed by atoms with Gasteiger partial charge in [0.05, 0.1) is 33.7 Å². The number of rotatable bonds is 10. The third-order valence-corrected chi connectivity index (χ3v) is 7.58. The van der Waals surface area contributed by atoms with E-state index in [1.165, 1.54) is 43.5 Å². The first kappa shape index (κ1) is 31.1. The second kappa shape index (κ2) is 13.9. The lowest BCUT2D eigenvalue weighted by molar-refractivity contribution is -0.127. The molecule has 3 aromatic carbocycles. The van der Waals surface area contributed by atoms with Gasteiger partial charge in [-0.1, -0.05) is 23.7 Å². The molecular weight excluding hydrogens is 655 g/mol. The molecule has 0 aliphatic carbocycles. The van der Waals surface area contributed by atoms with Crippen LogP contribution in [-0.4, -0.2) is 48.2 Å². The van der Waals surface area contributed by atoms with E-state index < -0.39 is 29.6 Å². The van der Waals surface area contributed by atoms with E-state index in [1.807, 2.05) is 0 Å². The fraction of sp³-hybridized carbons (Fsp3) is 0.172. The van der Waals surface area contributed by atoms with Gasteiger partial charge in [-0.25, -0.2) is 9.18 Å². The molecule has 0 aromatic heterocycles. The number of esters is 1. The van der Waals surface area contributed by atoms with E-state index in [4.69, 9.17) is 21.1 Å². The first-order chi connectivity index (χ1) is 20.1. The summed E-state index contributed by atoms with van der Waals surface area (Å²) in [5.41, 5.74) is 1.59. The number of thioether (sulfide) groups is 1. The molecule has 3 amide bonds. The monoisotopic (exact) mass is 676 g/mol. The molecule has 0 unspecified atom stereocenters. The van der Waals surface area contributed by atoms with E-state index in [1.54, 1.807) is 31.2 Å². The molecule has 0 radical (unpaired) electrons. The Bertz CT molecular complexity index is 1580. The smallest absolute Gasteiger partial charge is 0.339 e. The van der Waals surface area contributed by atoms with Crippen LogP contribution in [0.5, 0.6) is 11.5 Å². The number of hydrogen-bond acceptors (Lipinski definition) is 8. The number of hydrogen-bond donors (Lipinski definition) is 1. The highest BCUT2D eigenvalue weighted by Gasteiger charge is 2.36. The summed E-state index contributed by atoms with van der Waals surface area (Å²) in [4.78, 5) is 51.1. The molecule has 0 spiro atoms. The Kier molecular flexibility index (Phi) is 10.3. The molecule has 218 valence electrons. The number of nitrogens with one attached hydrogen (secondary N) is 1. The van der Waals surface area contributed by atoms with Crippen molar-refractivity contribution in [1.29, 1.82) is 0 Å². The summed E-state index contributed by atoms with van der Waals surface area (Å²) in [6.45, 7) is 1.77. The maximum absolute atomic E-state index is 13.2. The molecule has 1 saturated heterocycles. The molecule has 1 N–H and O–H groups in total. The van der Waals surface area contributed by atoms with Crippen molar-refractivity contribution in [3.05, 3.63) is 91.5 Å². The molecule has 4 rings (SSSR count). The zero-order valence-electron chi connectivity index (χ0n) is 22.2. The maximum Gasteiger partial charge on any atom is 0.339 e. The van der Waals surface area contributed by atoms with Crippen molar-refractivity contribution in [2.45, 2.75) is 13.5 Å². The molecule has 9 nitrogen and oxygen atoms in total. The van der Waals surface area contributed by atoms with Gasteiger partial charge in [-0.05, 0) is 94.3 Å². The van der Waals surface area contributed by atoms with Gasteiger partial charge < -0.3 is 19.5 Å². The van der Waals surface area contributed by atoms with Crippen LogP contribution >= 0.6 is 39.3 Å². The Labute approximate surface area is 258 Å². The molecule has 1 heterocycles. The number of carbonyl (C=O) groups excluding carboxylic acids is 4. The normalized spacial score (nSPS) is 13.8. The van der Waals surface area contributed by atoms with Gasteiger partial charge >= 0.3 is 5.97 Å². The Balaban J connectivity index is 1.47. The van der Waals surface area contributed by atoms with Crippen LogP contribution in [0.4, 0.5) is 14.9 Å². The van der Waals surface area contributed by atoms with Crippen molar-refractivity contribution >= 4 is 74.1 Å². The lowest BCUT2D eigenvalue weighted by Gasteiger charge is -2.15. The molecule has 0 bridgehead atoms. The number of nitrogens with zero attached hydrogens (tertiary/aromatic N) is 1. The number of halogens is 3. The second-order valence-corrected chi connectivity index (χ2v) is 10.9. The predicted octanol–water partition coefficient (Wildman–Crippen LogP) is 6.68. The average Bonchev–Trinajstić information content (AvgIpc) is 3.21. The summed E-state index contributed by atoms with van der Waals surface area (Å²) in [6, 6.07) is 13.5. The van der Waals surface area contributed by atoms with Gasteiger partial charge in [0, 0.05) is 5.69 Å². The highest BCUT2D eigenvalue weighted by Crippen LogP contribution is 2.40. The van der Waals surface area contributed by atoms with Crippen LogP contribution in [0.3, 0.4) is 0 Å². The quantitative estimate of drug-likeness (QED) is 0.187. The van der Waals surface area contributed by atoms with Gasteiger partial charge in [0.25, 0.3) is 11.1 Å². The molecule has 0 saturated carbocycles. The highest BCUT2D eigenvalue weighted by atomic mass is 79.9. The van der Waals surface area contributed by atoms with Crippen LogP contribution in [0.2, 0.25) is 5.02 Å². The summed E-state index contributed by atoms with van der Waals surface area (Å²) < 4.78 is 30.1. The topological polar surface area (TPSA) is 111 Å². The molecule has 0 atom stereocenters. The van der Waals surface area contributed by atoms with Gasteiger partial charge in [-0.2, -0.15) is 0 Å². The van der Waals surface area contributed by atoms with Crippen LogP contribution < -0.4 is 14.8 Å². The number of ether oxygens (including phenoxy) is 3. The van der Waals surface area contributed by atoms with E-state index in [0.29, 0.717) is 39.9 Å². The second-order valence-electron chi connectivity index (χ2n) is 8.68. The van der Waals surface area contributed by atoms with Gasteiger partial charge in [0.2, 0.25) is 5.91 Å². The Morgan fingerprint density at radius 2 is 1.83 bits per heavy atom. The first-order valence-electron chi connectivity index (χ1n) is 12.4. The van der Waals surface area contributed by atoms with Crippen molar-refractivity contribution in [3.63, 3.8) is 0 Å². The Morgan fingerprint density at radius 1 is 1.10 bits per heavy atom. The standard InChI is InChI=1S/C29H23BrClFN2O7S/c1-3-40-23-11-17(10-21(30)26(23)41-15-16-4-6-18(32)7-5-16)12-24-27(36)34(29(38)42-24)14-25(35)33-19-8-9-22(31)20(13-19)28(37)39-2/h4-13H,3,14-15H2,1-2H3,(H,33,35)/b24-12-. The third-order valence-electron chi connectivity index (χ3n) is 5.76. The third kappa shape index (κ3) is 7.50.